The number of nitrogens with zero attached hydrogens (tertiary/aromatic N) is 2. The molecular weight excluding hydrogens is 484 g/mol. The fraction of sp³-hybridized carbons (Fsp3) is 0.211. The number of benzene rings is 5. The van der Waals surface area contributed by atoms with Gasteiger partial charge in [0.2, 0.25) is 0 Å². The van der Waals surface area contributed by atoms with Gasteiger partial charge in [0, 0.05) is 35.3 Å². The maximum absolute atomic E-state index is 2.51. The van der Waals surface area contributed by atoms with Gasteiger partial charge in [0.1, 0.15) is 0 Å². The molecule has 5 aromatic carbocycles. The van der Waals surface area contributed by atoms with Gasteiger partial charge in [-0.25, -0.2) is 0 Å². The molecule has 2 aliphatic carbocycles. The average Bonchev–Trinajstić information content (AvgIpc) is 3.36. The first-order valence-electron chi connectivity index (χ1n) is 14.5. The summed E-state index contributed by atoms with van der Waals surface area (Å²) in [5.74, 6) is 0. The molecule has 0 amide bonds. The maximum Gasteiger partial charge on any atom is 0.0652 e. The Morgan fingerprint density at radius 1 is 0.425 bits per heavy atom. The van der Waals surface area contributed by atoms with Gasteiger partial charge in [0.15, 0.2) is 0 Å². The van der Waals surface area contributed by atoms with Gasteiger partial charge in [-0.05, 0) is 80.9 Å². The van der Waals surface area contributed by atoms with E-state index in [0.717, 1.165) is 13.1 Å². The molecule has 2 nitrogen and oxygen atoms in total. The van der Waals surface area contributed by atoms with Crippen molar-refractivity contribution >= 4 is 22.7 Å². The molecule has 5 aromatic rings. The molecule has 8 rings (SSSR count). The van der Waals surface area contributed by atoms with Gasteiger partial charge in [-0.15, -0.1) is 0 Å². The Balaban J connectivity index is 1.20. The molecular formula is C38H34N2. The van der Waals surface area contributed by atoms with Gasteiger partial charge in [-0.1, -0.05) is 100 Å². The minimum atomic E-state index is 0.0296. The molecule has 0 spiro atoms. The Morgan fingerprint density at radius 2 is 0.800 bits per heavy atom. The van der Waals surface area contributed by atoms with E-state index in [9.17, 15) is 0 Å². The summed E-state index contributed by atoms with van der Waals surface area (Å²) in [4.78, 5) is 5.01. The van der Waals surface area contributed by atoms with Crippen LogP contribution in [0.1, 0.15) is 49.9 Å². The lowest BCUT2D eigenvalue weighted by molar-refractivity contribution is 0.660. The predicted octanol–water partition coefficient (Wildman–Crippen LogP) is 9.59. The van der Waals surface area contributed by atoms with E-state index in [1.807, 2.05) is 0 Å². The first-order chi connectivity index (χ1) is 19.4. The van der Waals surface area contributed by atoms with Crippen LogP contribution in [0.15, 0.2) is 109 Å². The molecule has 0 saturated heterocycles. The summed E-state index contributed by atoms with van der Waals surface area (Å²) in [5, 5.41) is 0. The van der Waals surface area contributed by atoms with Crippen LogP contribution in [0.5, 0.6) is 0 Å². The first kappa shape index (κ1) is 23.6. The van der Waals surface area contributed by atoms with Crippen molar-refractivity contribution in [3.05, 3.63) is 131 Å². The molecule has 0 aromatic heterocycles. The largest absolute Gasteiger partial charge is 0.338 e. The summed E-state index contributed by atoms with van der Waals surface area (Å²) < 4.78 is 0. The lowest BCUT2D eigenvalue weighted by Gasteiger charge is -2.39. The molecule has 0 fully saturated rings. The quantitative estimate of drug-likeness (QED) is 0.230. The van der Waals surface area contributed by atoms with Crippen LogP contribution in [0.2, 0.25) is 0 Å². The van der Waals surface area contributed by atoms with Crippen LogP contribution in [-0.2, 0) is 10.8 Å². The van der Waals surface area contributed by atoms with Crippen molar-refractivity contribution in [3.63, 3.8) is 0 Å². The van der Waals surface area contributed by atoms with Crippen molar-refractivity contribution in [2.45, 2.75) is 38.5 Å². The SMILES string of the molecule is CC1(C)c2ccccc2-c2cc(N3CCN(c4ccc5c(c4)-c4ccccc4C5(C)C)c4ccccc43)ccc21. The van der Waals surface area contributed by atoms with Crippen LogP contribution in [0.3, 0.4) is 0 Å². The van der Waals surface area contributed by atoms with Crippen LogP contribution in [0.25, 0.3) is 22.3 Å². The van der Waals surface area contributed by atoms with Gasteiger partial charge in [0.05, 0.1) is 11.4 Å². The number of rotatable bonds is 2. The van der Waals surface area contributed by atoms with E-state index in [1.165, 1.54) is 67.3 Å². The summed E-state index contributed by atoms with van der Waals surface area (Å²) >= 11 is 0. The molecule has 0 radical (unpaired) electrons. The van der Waals surface area contributed by atoms with Gasteiger partial charge < -0.3 is 9.80 Å². The Hall–Kier alpha value is -4.30. The average molecular weight is 519 g/mol. The number of para-hydroxylation sites is 2. The van der Waals surface area contributed by atoms with Crippen LogP contribution >= 0.6 is 0 Å². The maximum atomic E-state index is 2.51. The van der Waals surface area contributed by atoms with Crippen molar-refractivity contribution in [1.82, 2.24) is 0 Å². The minimum Gasteiger partial charge on any atom is -0.338 e. The molecule has 40 heavy (non-hydrogen) atoms. The summed E-state index contributed by atoms with van der Waals surface area (Å²) in [6, 6.07) is 40.9. The molecule has 1 aliphatic heterocycles. The van der Waals surface area contributed by atoms with Crippen LogP contribution < -0.4 is 9.80 Å². The fourth-order valence-electron chi connectivity index (χ4n) is 7.65. The first-order valence-corrected chi connectivity index (χ1v) is 14.5. The van der Waals surface area contributed by atoms with E-state index in [-0.39, 0.29) is 10.8 Å². The Morgan fingerprint density at radius 3 is 1.25 bits per heavy atom. The summed E-state index contributed by atoms with van der Waals surface area (Å²) in [6.07, 6.45) is 0. The number of hydrogen-bond donors (Lipinski definition) is 0. The lowest BCUT2D eigenvalue weighted by Crippen LogP contribution is -2.36. The second kappa shape index (κ2) is 8.11. The molecule has 0 saturated carbocycles. The summed E-state index contributed by atoms with van der Waals surface area (Å²) in [7, 11) is 0. The molecule has 2 heteroatoms. The Labute approximate surface area is 237 Å². The molecule has 0 unspecified atom stereocenters. The second-order valence-corrected chi connectivity index (χ2v) is 12.6. The van der Waals surface area contributed by atoms with E-state index in [1.54, 1.807) is 0 Å². The molecule has 0 atom stereocenters. The molecule has 196 valence electrons. The number of fused-ring (bicyclic) bond motifs is 7. The fourth-order valence-corrected chi connectivity index (χ4v) is 7.65. The second-order valence-electron chi connectivity index (χ2n) is 12.6. The topological polar surface area (TPSA) is 6.48 Å². The van der Waals surface area contributed by atoms with E-state index in [4.69, 9.17) is 0 Å². The molecule has 3 aliphatic rings. The highest BCUT2D eigenvalue weighted by Crippen LogP contribution is 2.52. The van der Waals surface area contributed by atoms with E-state index in [0.29, 0.717) is 0 Å². The molecule has 0 N–H and O–H groups in total. The van der Waals surface area contributed by atoms with E-state index in [2.05, 4.69) is 147 Å². The zero-order valence-electron chi connectivity index (χ0n) is 23.7. The Bertz CT molecular complexity index is 1690. The van der Waals surface area contributed by atoms with Crippen LogP contribution in [0.4, 0.5) is 22.7 Å². The zero-order valence-corrected chi connectivity index (χ0v) is 23.7. The van der Waals surface area contributed by atoms with Crippen LogP contribution in [-0.4, -0.2) is 13.1 Å². The van der Waals surface area contributed by atoms with Crippen molar-refractivity contribution in [2.24, 2.45) is 0 Å². The van der Waals surface area contributed by atoms with E-state index < -0.39 is 0 Å². The summed E-state index contributed by atoms with van der Waals surface area (Å²) in [6.45, 7) is 11.3. The smallest absolute Gasteiger partial charge is 0.0652 e. The van der Waals surface area contributed by atoms with Crippen molar-refractivity contribution in [1.29, 1.82) is 0 Å². The monoisotopic (exact) mass is 518 g/mol. The molecule has 0 bridgehead atoms. The number of hydrogen-bond acceptors (Lipinski definition) is 2. The normalized spacial score (nSPS) is 17.1. The van der Waals surface area contributed by atoms with Crippen molar-refractivity contribution in [2.75, 3.05) is 22.9 Å². The third-order valence-electron chi connectivity index (χ3n) is 9.77. The summed E-state index contributed by atoms with van der Waals surface area (Å²) in [5.41, 5.74) is 16.3. The lowest BCUT2D eigenvalue weighted by atomic mass is 9.82. The van der Waals surface area contributed by atoms with Gasteiger partial charge >= 0.3 is 0 Å². The standard InChI is InChI=1S/C38H34N2/c1-37(2)31-13-7-5-11-27(31)29-23-25(17-19-33(29)37)39-21-22-40(36-16-10-9-15-35(36)39)26-18-20-34-30(24-26)28-12-6-8-14-32(28)38(34,3)4/h5-20,23-24H,21-22H2,1-4H3. The highest BCUT2D eigenvalue weighted by Gasteiger charge is 2.37. The third-order valence-corrected chi connectivity index (χ3v) is 9.77. The minimum absolute atomic E-state index is 0.0296. The van der Waals surface area contributed by atoms with Gasteiger partial charge in [-0.3, -0.25) is 0 Å². The van der Waals surface area contributed by atoms with Gasteiger partial charge in [0.25, 0.3) is 0 Å². The number of anilines is 4. The highest BCUT2D eigenvalue weighted by atomic mass is 15.3. The Kier molecular flexibility index (Phi) is 4.78. The third kappa shape index (κ3) is 3.11. The molecule has 1 heterocycles. The van der Waals surface area contributed by atoms with E-state index >= 15 is 0 Å². The predicted molar refractivity (Wildman–Crippen MR) is 168 cm³/mol. The van der Waals surface area contributed by atoms with Crippen molar-refractivity contribution < 1.29 is 0 Å². The zero-order chi connectivity index (χ0) is 27.2. The van der Waals surface area contributed by atoms with Crippen LogP contribution in [0, 0.1) is 0 Å². The highest BCUT2D eigenvalue weighted by molar-refractivity contribution is 5.89. The van der Waals surface area contributed by atoms with Crippen molar-refractivity contribution in [3.8, 4) is 22.3 Å². The van der Waals surface area contributed by atoms with Gasteiger partial charge in [-0.2, -0.15) is 0 Å².